The maximum atomic E-state index is 11.5. The predicted molar refractivity (Wildman–Crippen MR) is 57.2 cm³/mol. The molecule has 16 heavy (non-hydrogen) atoms. The molecule has 1 unspecified atom stereocenters. The molecule has 2 amide bonds. The Morgan fingerprint density at radius 2 is 2.19 bits per heavy atom. The second kappa shape index (κ2) is 5.83. The monoisotopic (exact) mass is 229 g/mol. The Kier molecular flexibility index (Phi) is 4.72. The molecule has 0 aliphatic carbocycles. The van der Waals surface area contributed by atoms with E-state index in [4.69, 9.17) is 15.8 Å². The fourth-order valence-corrected chi connectivity index (χ4v) is 1.62. The van der Waals surface area contributed by atoms with Gasteiger partial charge in [0.25, 0.3) is 0 Å². The topological polar surface area (TPSA) is 116 Å². The van der Waals surface area contributed by atoms with Crippen LogP contribution in [-0.4, -0.2) is 60.1 Å². The van der Waals surface area contributed by atoms with Crippen LogP contribution in [0.4, 0.5) is 0 Å². The first kappa shape index (κ1) is 13.0. The Morgan fingerprint density at radius 3 is 2.69 bits per heavy atom. The number of hydrogen-bond acceptors (Lipinski definition) is 5. The SMILES string of the molecule is NCC(=O)NCC(=O)N1CCC(B(O)O)C1. The average Bonchev–Trinajstić information content (AvgIpc) is 2.74. The summed E-state index contributed by atoms with van der Waals surface area (Å²) >= 11 is 0. The summed E-state index contributed by atoms with van der Waals surface area (Å²) in [4.78, 5) is 23.9. The quantitative estimate of drug-likeness (QED) is 0.387. The normalized spacial score (nSPS) is 19.7. The first-order valence-corrected chi connectivity index (χ1v) is 5.15. The number of hydrogen-bond donors (Lipinski definition) is 4. The van der Waals surface area contributed by atoms with Gasteiger partial charge in [-0.15, -0.1) is 0 Å². The fraction of sp³-hybridized carbons (Fsp3) is 0.750. The van der Waals surface area contributed by atoms with Crippen LogP contribution in [0.15, 0.2) is 0 Å². The zero-order valence-corrected chi connectivity index (χ0v) is 8.93. The molecular formula is C8H16BN3O4. The third kappa shape index (κ3) is 3.48. The number of likely N-dealkylation sites (tertiary alicyclic amines) is 1. The number of rotatable bonds is 4. The Balaban J connectivity index is 2.31. The number of carbonyl (C=O) groups excluding carboxylic acids is 2. The average molecular weight is 229 g/mol. The van der Waals surface area contributed by atoms with E-state index in [0.717, 1.165) is 0 Å². The third-order valence-electron chi connectivity index (χ3n) is 2.62. The van der Waals surface area contributed by atoms with Crippen LogP contribution in [-0.2, 0) is 9.59 Å². The van der Waals surface area contributed by atoms with Crippen molar-refractivity contribution in [2.45, 2.75) is 12.2 Å². The van der Waals surface area contributed by atoms with Crippen molar-refractivity contribution >= 4 is 18.9 Å². The molecule has 90 valence electrons. The molecule has 7 nitrogen and oxygen atoms in total. The predicted octanol–water partition coefficient (Wildman–Crippen LogP) is -2.86. The molecule has 0 spiro atoms. The summed E-state index contributed by atoms with van der Waals surface area (Å²) in [5.41, 5.74) is 5.07. The van der Waals surface area contributed by atoms with E-state index in [1.165, 1.54) is 4.90 Å². The number of amides is 2. The van der Waals surface area contributed by atoms with E-state index in [1.54, 1.807) is 0 Å². The van der Waals surface area contributed by atoms with E-state index in [2.05, 4.69) is 5.32 Å². The Labute approximate surface area is 93.7 Å². The van der Waals surface area contributed by atoms with Gasteiger partial charge in [0.2, 0.25) is 11.8 Å². The first-order chi connectivity index (χ1) is 7.54. The molecule has 0 saturated carbocycles. The zero-order chi connectivity index (χ0) is 12.1. The smallest absolute Gasteiger partial charge is 0.427 e. The molecule has 1 aliphatic heterocycles. The van der Waals surface area contributed by atoms with Gasteiger partial charge >= 0.3 is 7.12 Å². The number of nitrogens with zero attached hydrogens (tertiary/aromatic N) is 1. The summed E-state index contributed by atoms with van der Waals surface area (Å²) in [5.74, 6) is -0.912. The van der Waals surface area contributed by atoms with Gasteiger partial charge in [0, 0.05) is 18.9 Å². The minimum Gasteiger partial charge on any atom is -0.427 e. The van der Waals surface area contributed by atoms with Gasteiger partial charge in [-0.2, -0.15) is 0 Å². The van der Waals surface area contributed by atoms with E-state index in [9.17, 15) is 9.59 Å². The maximum absolute atomic E-state index is 11.5. The zero-order valence-electron chi connectivity index (χ0n) is 8.93. The summed E-state index contributed by atoms with van der Waals surface area (Å²) in [6.07, 6.45) is 0.564. The van der Waals surface area contributed by atoms with Crippen LogP contribution in [0.25, 0.3) is 0 Å². The number of nitrogens with two attached hydrogens (primary N) is 1. The largest absolute Gasteiger partial charge is 0.456 e. The van der Waals surface area contributed by atoms with Crippen LogP contribution in [0.5, 0.6) is 0 Å². The lowest BCUT2D eigenvalue weighted by Crippen LogP contribution is -2.41. The number of nitrogens with one attached hydrogen (secondary N) is 1. The molecule has 1 saturated heterocycles. The van der Waals surface area contributed by atoms with Crippen LogP contribution in [0.3, 0.4) is 0 Å². The molecule has 1 aliphatic rings. The van der Waals surface area contributed by atoms with Gasteiger partial charge in [0.05, 0.1) is 13.1 Å². The second-order valence-electron chi connectivity index (χ2n) is 3.78. The molecule has 1 atom stereocenters. The minimum absolute atomic E-state index is 0.0930. The van der Waals surface area contributed by atoms with Crippen molar-refractivity contribution in [1.82, 2.24) is 10.2 Å². The molecule has 1 heterocycles. The molecule has 1 fully saturated rings. The Hall–Kier alpha value is -1.12. The standard InChI is InChI=1S/C8H16BN3O4/c10-3-7(13)11-4-8(14)12-2-1-6(5-12)9(15)16/h6,15-16H,1-5,10H2,(H,11,13). The van der Waals surface area contributed by atoms with Crippen molar-refractivity contribution in [3.05, 3.63) is 0 Å². The van der Waals surface area contributed by atoms with E-state index in [1.807, 2.05) is 0 Å². The highest BCUT2D eigenvalue weighted by molar-refractivity contribution is 6.43. The molecule has 8 heteroatoms. The first-order valence-electron chi connectivity index (χ1n) is 5.15. The molecule has 0 aromatic heterocycles. The van der Waals surface area contributed by atoms with Gasteiger partial charge in [0.15, 0.2) is 0 Å². The van der Waals surface area contributed by atoms with Gasteiger partial charge in [-0.25, -0.2) is 0 Å². The summed E-state index contributed by atoms with van der Waals surface area (Å²) in [7, 11) is -1.39. The summed E-state index contributed by atoms with van der Waals surface area (Å²) in [6, 6.07) is 0. The summed E-state index contributed by atoms with van der Waals surface area (Å²) in [6.45, 7) is 0.560. The summed E-state index contributed by atoms with van der Waals surface area (Å²) in [5, 5.41) is 20.3. The number of carbonyl (C=O) groups is 2. The van der Waals surface area contributed by atoms with Crippen molar-refractivity contribution in [2.75, 3.05) is 26.2 Å². The molecule has 1 rings (SSSR count). The minimum atomic E-state index is -1.39. The third-order valence-corrected chi connectivity index (χ3v) is 2.62. The van der Waals surface area contributed by atoms with E-state index >= 15 is 0 Å². The van der Waals surface area contributed by atoms with Crippen molar-refractivity contribution < 1.29 is 19.6 Å². The van der Waals surface area contributed by atoms with E-state index in [0.29, 0.717) is 19.5 Å². The van der Waals surface area contributed by atoms with Crippen LogP contribution in [0.2, 0.25) is 5.82 Å². The molecule has 0 aromatic carbocycles. The van der Waals surface area contributed by atoms with Gasteiger partial charge in [-0.3, -0.25) is 9.59 Å². The van der Waals surface area contributed by atoms with Crippen molar-refractivity contribution in [1.29, 1.82) is 0 Å². The van der Waals surface area contributed by atoms with Crippen molar-refractivity contribution in [2.24, 2.45) is 5.73 Å². The maximum Gasteiger partial charge on any atom is 0.456 e. The van der Waals surface area contributed by atoms with Crippen LogP contribution >= 0.6 is 0 Å². The molecule has 0 bridgehead atoms. The Bertz CT molecular complexity index is 274. The molecular weight excluding hydrogens is 213 g/mol. The van der Waals surface area contributed by atoms with Crippen LogP contribution < -0.4 is 11.1 Å². The lowest BCUT2D eigenvalue weighted by molar-refractivity contribution is -0.131. The van der Waals surface area contributed by atoms with E-state index < -0.39 is 7.12 Å². The van der Waals surface area contributed by atoms with Gasteiger partial charge in [0.1, 0.15) is 0 Å². The molecule has 0 radical (unpaired) electrons. The van der Waals surface area contributed by atoms with E-state index in [-0.39, 0.29) is 30.7 Å². The second-order valence-corrected chi connectivity index (χ2v) is 3.78. The highest BCUT2D eigenvalue weighted by atomic mass is 16.4. The van der Waals surface area contributed by atoms with Gasteiger partial charge < -0.3 is 26.0 Å². The van der Waals surface area contributed by atoms with Crippen molar-refractivity contribution in [3.8, 4) is 0 Å². The lowest BCUT2D eigenvalue weighted by atomic mass is 9.72. The van der Waals surface area contributed by atoms with Crippen LogP contribution in [0.1, 0.15) is 6.42 Å². The lowest BCUT2D eigenvalue weighted by Gasteiger charge is -2.16. The van der Waals surface area contributed by atoms with Gasteiger partial charge in [-0.05, 0) is 6.42 Å². The fourth-order valence-electron chi connectivity index (χ4n) is 1.62. The van der Waals surface area contributed by atoms with Crippen LogP contribution in [0, 0.1) is 0 Å². The summed E-state index contributed by atoms with van der Waals surface area (Å²) < 4.78 is 0. The highest BCUT2D eigenvalue weighted by Crippen LogP contribution is 2.22. The van der Waals surface area contributed by atoms with Crippen molar-refractivity contribution in [3.63, 3.8) is 0 Å². The molecule has 5 N–H and O–H groups in total. The Morgan fingerprint density at radius 1 is 1.50 bits per heavy atom. The molecule has 0 aromatic rings. The van der Waals surface area contributed by atoms with Gasteiger partial charge in [-0.1, -0.05) is 0 Å². The highest BCUT2D eigenvalue weighted by Gasteiger charge is 2.33.